The second-order valence-electron chi connectivity index (χ2n) is 4.94. The molecule has 6 heteroatoms. The zero-order valence-corrected chi connectivity index (χ0v) is 12.3. The van der Waals surface area contributed by atoms with Crippen LogP contribution in [0.2, 0.25) is 0 Å². The molecule has 0 saturated carbocycles. The molecule has 3 rings (SSSR count). The highest BCUT2D eigenvalue weighted by Crippen LogP contribution is 2.30. The molecule has 0 spiro atoms. The average Bonchev–Trinajstić information content (AvgIpc) is 3.13. The fraction of sp³-hybridized carbons (Fsp3) is 0.333. The highest BCUT2D eigenvalue weighted by Gasteiger charge is 2.35. The molecule has 110 valence electrons. The molecule has 0 bridgehead atoms. The minimum atomic E-state index is -0.530. The molecule has 1 unspecified atom stereocenters. The topological polar surface area (TPSA) is 46.6 Å². The zero-order valence-electron chi connectivity index (χ0n) is 11.5. The first kappa shape index (κ1) is 14.0. The molecule has 1 aliphatic rings. The van der Waals surface area contributed by atoms with Gasteiger partial charge in [0.2, 0.25) is 0 Å². The van der Waals surface area contributed by atoms with Crippen molar-refractivity contribution in [3.05, 3.63) is 35.0 Å². The van der Waals surface area contributed by atoms with Gasteiger partial charge in [0.25, 0.3) is 5.91 Å². The maximum Gasteiger partial charge on any atom is 0.328 e. The Morgan fingerprint density at radius 2 is 2.24 bits per heavy atom. The van der Waals surface area contributed by atoms with Crippen LogP contribution in [0.4, 0.5) is 4.39 Å². The molecule has 1 atom stereocenters. The smallest absolute Gasteiger partial charge is 0.328 e. The van der Waals surface area contributed by atoms with Gasteiger partial charge in [0.1, 0.15) is 11.9 Å². The van der Waals surface area contributed by atoms with E-state index in [2.05, 4.69) is 0 Å². The quantitative estimate of drug-likeness (QED) is 0.802. The third kappa shape index (κ3) is 2.40. The van der Waals surface area contributed by atoms with E-state index in [-0.39, 0.29) is 11.7 Å². The summed E-state index contributed by atoms with van der Waals surface area (Å²) in [6.45, 7) is 0.523. The van der Waals surface area contributed by atoms with Crippen LogP contribution in [0.1, 0.15) is 22.5 Å². The second kappa shape index (κ2) is 5.44. The number of hydrogen-bond acceptors (Lipinski definition) is 4. The molecular weight excluding hydrogens is 293 g/mol. The van der Waals surface area contributed by atoms with Crippen molar-refractivity contribution in [3.8, 4) is 0 Å². The van der Waals surface area contributed by atoms with Crippen LogP contribution in [0.15, 0.2) is 24.3 Å². The number of amides is 1. The van der Waals surface area contributed by atoms with Crippen LogP contribution in [-0.4, -0.2) is 36.5 Å². The number of ether oxygens (including phenoxy) is 1. The highest BCUT2D eigenvalue weighted by atomic mass is 32.1. The van der Waals surface area contributed by atoms with Crippen LogP contribution in [-0.2, 0) is 9.53 Å². The number of thiophene rings is 1. The maximum atomic E-state index is 13.7. The third-order valence-electron chi connectivity index (χ3n) is 3.71. The summed E-state index contributed by atoms with van der Waals surface area (Å²) in [4.78, 5) is 26.3. The molecule has 1 saturated heterocycles. The van der Waals surface area contributed by atoms with Gasteiger partial charge in [-0.1, -0.05) is 6.07 Å². The summed E-state index contributed by atoms with van der Waals surface area (Å²) in [5.41, 5.74) is 0. The number of esters is 1. The van der Waals surface area contributed by atoms with E-state index >= 15 is 0 Å². The van der Waals surface area contributed by atoms with Crippen molar-refractivity contribution in [2.45, 2.75) is 18.9 Å². The van der Waals surface area contributed by atoms with Crippen molar-refractivity contribution in [1.82, 2.24) is 4.90 Å². The fourth-order valence-electron chi connectivity index (χ4n) is 2.66. The molecule has 0 aliphatic carbocycles. The summed E-state index contributed by atoms with van der Waals surface area (Å²) in [6, 6.07) is 5.80. The number of methoxy groups -OCH3 is 1. The predicted molar refractivity (Wildman–Crippen MR) is 77.9 cm³/mol. The van der Waals surface area contributed by atoms with E-state index in [9.17, 15) is 14.0 Å². The first-order valence-electron chi connectivity index (χ1n) is 6.68. The Labute approximate surface area is 125 Å². The molecule has 1 aliphatic heterocycles. The molecule has 21 heavy (non-hydrogen) atoms. The van der Waals surface area contributed by atoms with E-state index in [1.807, 2.05) is 0 Å². The van der Waals surface area contributed by atoms with Crippen LogP contribution >= 0.6 is 11.3 Å². The zero-order chi connectivity index (χ0) is 15.0. The summed E-state index contributed by atoms with van der Waals surface area (Å²) >= 11 is 1.24. The van der Waals surface area contributed by atoms with Gasteiger partial charge in [0.15, 0.2) is 0 Å². The van der Waals surface area contributed by atoms with Crippen LogP contribution in [0.3, 0.4) is 0 Å². The molecule has 1 fully saturated rings. The molecule has 1 aromatic heterocycles. The number of rotatable bonds is 2. The van der Waals surface area contributed by atoms with Gasteiger partial charge in [0.05, 0.1) is 12.0 Å². The largest absolute Gasteiger partial charge is 0.467 e. The lowest BCUT2D eigenvalue weighted by atomic mass is 10.2. The Bertz CT molecular complexity index is 712. The number of carbonyl (C=O) groups excluding carboxylic acids is 2. The Morgan fingerprint density at radius 1 is 1.43 bits per heavy atom. The molecule has 4 nitrogen and oxygen atoms in total. The van der Waals surface area contributed by atoms with Crippen molar-refractivity contribution < 1.29 is 18.7 Å². The molecule has 2 aromatic rings. The SMILES string of the molecule is COC(=O)C1CCCN1C(=O)c1cc2c(F)cccc2s1. The van der Waals surface area contributed by atoms with Gasteiger partial charge in [-0.25, -0.2) is 9.18 Å². The first-order valence-corrected chi connectivity index (χ1v) is 7.50. The molecule has 2 heterocycles. The van der Waals surface area contributed by atoms with E-state index in [0.717, 1.165) is 11.1 Å². The predicted octanol–water partition coefficient (Wildman–Crippen LogP) is 2.82. The Hall–Kier alpha value is -1.95. The van der Waals surface area contributed by atoms with E-state index in [0.29, 0.717) is 23.2 Å². The number of hydrogen-bond donors (Lipinski definition) is 0. The Kier molecular flexibility index (Phi) is 3.63. The number of likely N-dealkylation sites (tertiary alicyclic amines) is 1. The maximum absolute atomic E-state index is 13.7. The number of fused-ring (bicyclic) bond motifs is 1. The van der Waals surface area contributed by atoms with Crippen LogP contribution in [0.25, 0.3) is 10.1 Å². The van der Waals surface area contributed by atoms with Crippen molar-refractivity contribution in [1.29, 1.82) is 0 Å². The number of halogens is 1. The number of benzene rings is 1. The molecular formula is C15H14FNO3S. The van der Waals surface area contributed by atoms with Gasteiger partial charge >= 0.3 is 5.97 Å². The van der Waals surface area contributed by atoms with Gasteiger partial charge in [0, 0.05) is 16.6 Å². The summed E-state index contributed by atoms with van der Waals surface area (Å²) in [6.07, 6.45) is 1.38. The van der Waals surface area contributed by atoms with Gasteiger partial charge in [-0.2, -0.15) is 0 Å². The highest BCUT2D eigenvalue weighted by molar-refractivity contribution is 7.20. The van der Waals surface area contributed by atoms with Crippen molar-refractivity contribution in [2.24, 2.45) is 0 Å². The summed E-state index contributed by atoms with van der Waals surface area (Å²) in [5.74, 6) is -0.967. The van der Waals surface area contributed by atoms with E-state index in [1.54, 1.807) is 18.2 Å². The molecule has 1 aromatic carbocycles. The van der Waals surface area contributed by atoms with Gasteiger partial charge < -0.3 is 9.64 Å². The molecule has 0 N–H and O–H groups in total. The van der Waals surface area contributed by atoms with Crippen molar-refractivity contribution in [2.75, 3.05) is 13.7 Å². The van der Waals surface area contributed by atoms with Crippen LogP contribution in [0.5, 0.6) is 0 Å². The second-order valence-corrected chi connectivity index (χ2v) is 6.03. The van der Waals surface area contributed by atoms with Crippen molar-refractivity contribution >= 4 is 33.3 Å². The van der Waals surface area contributed by atoms with Crippen LogP contribution < -0.4 is 0 Å². The lowest BCUT2D eigenvalue weighted by Crippen LogP contribution is -2.40. The molecule has 0 radical (unpaired) electrons. The van der Waals surface area contributed by atoms with Crippen molar-refractivity contribution in [3.63, 3.8) is 0 Å². The Morgan fingerprint density at radius 3 is 2.95 bits per heavy atom. The minimum Gasteiger partial charge on any atom is -0.467 e. The fourth-order valence-corrected chi connectivity index (χ4v) is 3.69. The van der Waals surface area contributed by atoms with E-state index in [1.165, 1.54) is 29.4 Å². The lowest BCUT2D eigenvalue weighted by Gasteiger charge is -2.21. The lowest BCUT2D eigenvalue weighted by molar-refractivity contribution is -0.145. The average molecular weight is 307 g/mol. The summed E-state index contributed by atoms with van der Waals surface area (Å²) < 4.78 is 19.2. The third-order valence-corrected chi connectivity index (χ3v) is 4.79. The summed E-state index contributed by atoms with van der Waals surface area (Å²) in [5, 5.41) is 0.444. The summed E-state index contributed by atoms with van der Waals surface area (Å²) in [7, 11) is 1.32. The Balaban J connectivity index is 1.93. The van der Waals surface area contributed by atoms with Gasteiger partial charge in [-0.05, 0) is 31.0 Å². The standard InChI is InChI=1S/C15H14FNO3S/c1-20-15(19)11-5-3-7-17(11)14(18)13-8-9-10(16)4-2-6-12(9)21-13/h2,4,6,8,11H,3,5,7H2,1H3. The normalized spacial score (nSPS) is 18.2. The number of nitrogens with zero attached hydrogens (tertiary/aromatic N) is 1. The van der Waals surface area contributed by atoms with Gasteiger partial charge in [-0.3, -0.25) is 4.79 Å². The van der Waals surface area contributed by atoms with Crippen LogP contribution in [0, 0.1) is 5.82 Å². The monoisotopic (exact) mass is 307 g/mol. The van der Waals surface area contributed by atoms with Gasteiger partial charge in [-0.15, -0.1) is 11.3 Å². The first-order chi connectivity index (χ1) is 10.1. The van der Waals surface area contributed by atoms with E-state index in [4.69, 9.17) is 4.74 Å². The number of carbonyl (C=O) groups is 2. The molecule has 1 amide bonds. The minimum absolute atomic E-state index is 0.233. The van der Waals surface area contributed by atoms with E-state index < -0.39 is 12.0 Å².